The molecule has 2 unspecified atom stereocenters. The zero-order chi connectivity index (χ0) is 24.8. The number of rotatable bonds is 6. The van der Waals surface area contributed by atoms with Gasteiger partial charge in [-0.05, 0) is 56.9 Å². The van der Waals surface area contributed by atoms with Crippen molar-refractivity contribution in [1.29, 1.82) is 0 Å². The monoisotopic (exact) mass is 514 g/mol. The minimum Gasteiger partial charge on any atom is -0.550 e. The number of carboxylic acid groups (broad SMARTS) is 2. The number of aliphatic carboxylic acids is 2. The molecule has 0 aliphatic carbocycles. The van der Waals surface area contributed by atoms with Crippen molar-refractivity contribution in [2.75, 3.05) is 14.2 Å². The predicted octanol–water partition coefficient (Wildman–Crippen LogP) is 3.40. The number of hydrogen-bond acceptors (Lipinski definition) is 6. The molecule has 0 saturated heterocycles. The Labute approximate surface area is 215 Å². The molecule has 0 aromatic heterocycles. The van der Waals surface area contributed by atoms with Crippen molar-refractivity contribution in [3.8, 4) is 11.5 Å². The molecule has 0 bridgehead atoms. The molecule has 6 nitrogen and oxygen atoms in total. The van der Waals surface area contributed by atoms with Gasteiger partial charge in [-0.25, -0.2) is 0 Å². The van der Waals surface area contributed by atoms with Gasteiger partial charge in [0.1, 0.15) is 11.5 Å². The molecule has 4 aromatic rings. The summed E-state index contributed by atoms with van der Waals surface area (Å²) in [7, 11) is 3.24. The predicted molar refractivity (Wildman–Crippen MR) is 128 cm³/mol. The second kappa shape index (κ2) is 12.2. The van der Waals surface area contributed by atoms with E-state index in [2.05, 4.69) is 0 Å². The Kier molecular flexibility index (Phi) is 9.69. The average Bonchev–Trinajstić information content (AvgIpc) is 2.86. The van der Waals surface area contributed by atoms with E-state index in [-0.39, 0.29) is 17.1 Å². The number of methoxy groups -OCH3 is 2. The molecule has 7 heteroatoms. The molecule has 0 heterocycles. The first kappa shape index (κ1) is 27.7. The number of carbonyl (C=O) groups excluding carboxylic acids is 2. The van der Waals surface area contributed by atoms with Crippen molar-refractivity contribution in [1.82, 2.24) is 0 Å². The molecule has 0 saturated carbocycles. The Hall–Kier alpha value is -3.54. The van der Waals surface area contributed by atoms with E-state index >= 15 is 0 Å². The van der Waals surface area contributed by atoms with Crippen LogP contribution in [0.4, 0.5) is 0 Å². The molecule has 35 heavy (non-hydrogen) atoms. The molecule has 0 fully saturated rings. The van der Waals surface area contributed by atoms with Crippen LogP contribution in [0.5, 0.6) is 11.5 Å². The normalized spacial score (nSPS) is 12.0. The van der Waals surface area contributed by atoms with Gasteiger partial charge >= 0.3 is 17.1 Å². The van der Waals surface area contributed by atoms with E-state index in [0.717, 1.165) is 44.2 Å². The van der Waals surface area contributed by atoms with Gasteiger partial charge < -0.3 is 29.3 Å². The van der Waals surface area contributed by atoms with Crippen molar-refractivity contribution in [2.24, 2.45) is 0 Å². The maximum absolute atomic E-state index is 10.8. The average molecular weight is 514 g/mol. The van der Waals surface area contributed by atoms with Crippen molar-refractivity contribution in [3.05, 3.63) is 83.9 Å². The Morgan fingerprint density at radius 1 is 0.600 bits per heavy atom. The van der Waals surface area contributed by atoms with Crippen LogP contribution in [0.3, 0.4) is 0 Å². The van der Waals surface area contributed by atoms with E-state index in [1.165, 1.54) is 0 Å². The largest absolute Gasteiger partial charge is 2.00 e. The topological polar surface area (TPSA) is 98.7 Å². The van der Waals surface area contributed by atoms with Crippen LogP contribution in [-0.2, 0) is 26.7 Å². The summed E-state index contributed by atoms with van der Waals surface area (Å²) < 4.78 is 10.3. The fraction of sp³-hybridized carbons (Fsp3) is 0.214. The molecule has 0 aliphatic rings. The summed E-state index contributed by atoms with van der Waals surface area (Å²) in [6.07, 6.45) is 0. The van der Waals surface area contributed by atoms with Gasteiger partial charge in [0.15, 0.2) is 0 Å². The van der Waals surface area contributed by atoms with Crippen LogP contribution in [0.15, 0.2) is 72.8 Å². The second-order valence-corrected chi connectivity index (χ2v) is 8.03. The number of hydrogen-bond donors (Lipinski definition) is 0. The molecule has 182 valence electrons. The summed E-state index contributed by atoms with van der Waals surface area (Å²) in [4.78, 5) is 21.6. The van der Waals surface area contributed by atoms with Crippen molar-refractivity contribution in [3.63, 3.8) is 0 Å². The minimum absolute atomic E-state index is 0. The molecular formula is C28H26FeO6. The van der Waals surface area contributed by atoms with Crippen LogP contribution in [-0.4, -0.2) is 26.2 Å². The molecule has 4 rings (SSSR count). The minimum atomic E-state index is -1.06. The van der Waals surface area contributed by atoms with Crippen molar-refractivity contribution >= 4 is 33.5 Å². The number of carboxylic acids is 2. The van der Waals surface area contributed by atoms with E-state index in [1.807, 2.05) is 72.8 Å². The molecule has 0 spiro atoms. The van der Waals surface area contributed by atoms with Gasteiger partial charge in [0, 0.05) is 23.8 Å². The van der Waals surface area contributed by atoms with Crippen molar-refractivity contribution < 1.29 is 46.3 Å². The molecule has 4 aromatic carbocycles. The van der Waals surface area contributed by atoms with Gasteiger partial charge in [0.25, 0.3) is 0 Å². The third-order valence-electron chi connectivity index (χ3n) is 5.85. The van der Waals surface area contributed by atoms with E-state index in [4.69, 9.17) is 9.47 Å². The Morgan fingerprint density at radius 2 is 0.914 bits per heavy atom. The standard InChI is InChI=1S/2C14H14O3.Fe/c2*1-9(14(15)16)10-3-4-12-8-13(17-2)6-5-11(12)7-10;/h2*3-9H,1-2H3,(H,15,16);/q;;+2/p-2. The van der Waals surface area contributed by atoms with Crippen LogP contribution in [0.1, 0.15) is 36.8 Å². The quantitative estimate of drug-likeness (QED) is 0.366. The zero-order valence-corrected chi connectivity index (χ0v) is 21.0. The van der Waals surface area contributed by atoms with E-state index in [0.29, 0.717) is 0 Å². The molecule has 0 N–H and O–H groups in total. The number of fused-ring (bicyclic) bond motifs is 2. The van der Waals surface area contributed by atoms with Gasteiger partial charge in [-0.15, -0.1) is 0 Å². The Balaban J connectivity index is 0.000000240. The number of benzene rings is 4. The van der Waals surface area contributed by atoms with Gasteiger partial charge in [-0.1, -0.05) is 62.4 Å². The summed E-state index contributed by atoms with van der Waals surface area (Å²) >= 11 is 0. The number of ether oxygens (including phenoxy) is 2. The maximum Gasteiger partial charge on any atom is 2.00 e. The third kappa shape index (κ3) is 6.75. The van der Waals surface area contributed by atoms with E-state index in [9.17, 15) is 19.8 Å². The van der Waals surface area contributed by atoms with Crippen LogP contribution >= 0.6 is 0 Å². The van der Waals surface area contributed by atoms with Crippen LogP contribution in [0.2, 0.25) is 0 Å². The summed E-state index contributed by atoms with van der Waals surface area (Å²) in [5.41, 5.74) is 1.50. The first-order chi connectivity index (χ1) is 16.2. The fourth-order valence-electron chi connectivity index (χ4n) is 3.55. The maximum atomic E-state index is 10.8. The van der Waals surface area contributed by atoms with Crippen LogP contribution < -0.4 is 19.7 Å². The van der Waals surface area contributed by atoms with Gasteiger partial charge in [0.05, 0.1) is 14.2 Å². The molecule has 0 aliphatic heterocycles. The molecule has 0 amide bonds. The second-order valence-electron chi connectivity index (χ2n) is 8.03. The van der Waals surface area contributed by atoms with E-state index in [1.54, 1.807) is 28.1 Å². The van der Waals surface area contributed by atoms with Crippen LogP contribution in [0, 0.1) is 0 Å². The molecular weight excluding hydrogens is 488 g/mol. The third-order valence-corrected chi connectivity index (χ3v) is 5.85. The fourth-order valence-corrected chi connectivity index (χ4v) is 3.55. The smallest absolute Gasteiger partial charge is 0.550 e. The first-order valence-electron chi connectivity index (χ1n) is 10.8. The SMILES string of the molecule is COc1ccc2cc(C(C)C(=O)[O-])ccc2c1.COc1ccc2cc(C(C)C(=O)[O-])ccc2c1.[Fe+2]. The Bertz CT molecular complexity index is 1230. The summed E-state index contributed by atoms with van der Waals surface area (Å²) in [6.45, 7) is 3.25. The van der Waals surface area contributed by atoms with E-state index < -0.39 is 23.8 Å². The summed E-state index contributed by atoms with van der Waals surface area (Å²) in [5, 5.41) is 25.7. The number of carbonyl (C=O) groups is 2. The van der Waals surface area contributed by atoms with Crippen molar-refractivity contribution in [2.45, 2.75) is 25.7 Å². The Morgan fingerprint density at radius 3 is 1.23 bits per heavy atom. The molecule has 0 radical (unpaired) electrons. The van der Waals surface area contributed by atoms with Crippen LogP contribution in [0.25, 0.3) is 21.5 Å². The van der Waals surface area contributed by atoms with Gasteiger partial charge in [-0.2, -0.15) is 0 Å². The first-order valence-corrected chi connectivity index (χ1v) is 10.8. The summed E-state index contributed by atoms with van der Waals surface area (Å²) in [5.74, 6) is -1.73. The summed E-state index contributed by atoms with van der Waals surface area (Å²) in [6, 6.07) is 22.5. The molecule has 2 atom stereocenters. The zero-order valence-electron chi connectivity index (χ0n) is 19.9. The van der Waals surface area contributed by atoms with Gasteiger partial charge in [-0.3, -0.25) is 0 Å². The van der Waals surface area contributed by atoms with Gasteiger partial charge in [0.2, 0.25) is 0 Å².